The summed E-state index contributed by atoms with van der Waals surface area (Å²) < 4.78 is 26.8. The standard InChI is InChI=1S/C20H24ClN3O3S/c1-16(17-7-9-18(21)10-8-17)22-15-20(25)23-11-13-24(14-12-23)28(26,27)19-5-3-2-4-6-19/h2-10,16,22H,11-15H2,1H3/p+1/t16-/m1/s1. The fourth-order valence-corrected chi connectivity index (χ4v) is 4.80. The molecule has 6 nitrogen and oxygen atoms in total. The molecule has 1 aliphatic rings. The second-order valence-electron chi connectivity index (χ2n) is 6.88. The fourth-order valence-electron chi connectivity index (χ4n) is 3.23. The van der Waals surface area contributed by atoms with Crippen molar-refractivity contribution in [3.05, 3.63) is 65.2 Å². The number of carbonyl (C=O) groups excluding carboxylic acids is 1. The molecule has 2 N–H and O–H groups in total. The summed E-state index contributed by atoms with van der Waals surface area (Å²) >= 11 is 5.91. The van der Waals surface area contributed by atoms with Crippen LogP contribution in [0.25, 0.3) is 0 Å². The number of halogens is 1. The molecule has 28 heavy (non-hydrogen) atoms. The number of rotatable bonds is 6. The van der Waals surface area contributed by atoms with Crippen LogP contribution in [0, 0.1) is 0 Å². The van der Waals surface area contributed by atoms with Gasteiger partial charge in [0.1, 0.15) is 6.04 Å². The fraction of sp³-hybridized carbons (Fsp3) is 0.350. The van der Waals surface area contributed by atoms with E-state index in [1.807, 2.05) is 36.5 Å². The number of nitrogens with zero attached hydrogens (tertiary/aromatic N) is 2. The molecule has 1 saturated heterocycles. The van der Waals surface area contributed by atoms with Gasteiger partial charge in [-0.3, -0.25) is 4.79 Å². The molecular weight excluding hydrogens is 398 g/mol. The Hall–Kier alpha value is -1.93. The number of hydrogen-bond acceptors (Lipinski definition) is 3. The van der Waals surface area contributed by atoms with Crippen molar-refractivity contribution in [2.75, 3.05) is 32.7 Å². The number of quaternary nitrogens is 1. The average Bonchev–Trinajstić information content (AvgIpc) is 2.73. The first-order valence-corrected chi connectivity index (χ1v) is 11.1. The molecule has 0 radical (unpaired) electrons. The molecule has 0 aromatic heterocycles. The Labute approximate surface area is 171 Å². The van der Waals surface area contributed by atoms with Crippen molar-refractivity contribution in [1.82, 2.24) is 9.21 Å². The lowest BCUT2D eigenvalue weighted by Gasteiger charge is -2.33. The van der Waals surface area contributed by atoms with E-state index >= 15 is 0 Å². The van der Waals surface area contributed by atoms with E-state index in [9.17, 15) is 13.2 Å². The van der Waals surface area contributed by atoms with Crippen LogP contribution in [0.2, 0.25) is 5.02 Å². The van der Waals surface area contributed by atoms with Crippen molar-refractivity contribution in [2.45, 2.75) is 17.9 Å². The smallest absolute Gasteiger partial charge is 0.277 e. The summed E-state index contributed by atoms with van der Waals surface area (Å²) in [7, 11) is -3.50. The zero-order valence-electron chi connectivity index (χ0n) is 15.8. The molecule has 1 heterocycles. The predicted molar refractivity (Wildman–Crippen MR) is 108 cm³/mol. The van der Waals surface area contributed by atoms with Crippen molar-refractivity contribution >= 4 is 27.5 Å². The molecule has 0 bridgehead atoms. The minimum absolute atomic E-state index is 0.0255. The lowest BCUT2D eigenvalue weighted by Crippen LogP contribution is -2.87. The summed E-state index contributed by atoms with van der Waals surface area (Å²) in [5.74, 6) is 0.0255. The lowest BCUT2D eigenvalue weighted by atomic mass is 10.1. The normalized spacial score (nSPS) is 16.7. The summed E-state index contributed by atoms with van der Waals surface area (Å²) in [6.07, 6.45) is 0. The van der Waals surface area contributed by atoms with Gasteiger partial charge in [-0.25, -0.2) is 8.42 Å². The molecule has 1 amide bonds. The maximum atomic E-state index is 12.7. The molecule has 1 aliphatic heterocycles. The van der Waals surface area contributed by atoms with Crippen LogP contribution >= 0.6 is 11.6 Å². The van der Waals surface area contributed by atoms with Crippen molar-refractivity contribution in [1.29, 1.82) is 0 Å². The second kappa shape index (κ2) is 9.05. The summed E-state index contributed by atoms with van der Waals surface area (Å²) in [5.41, 5.74) is 1.11. The molecule has 2 aromatic rings. The van der Waals surface area contributed by atoms with Gasteiger partial charge in [-0.15, -0.1) is 0 Å². The molecule has 2 aromatic carbocycles. The quantitative estimate of drug-likeness (QED) is 0.766. The third-order valence-electron chi connectivity index (χ3n) is 5.01. The van der Waals surface area contributed by atoms with Gasteiger partial charge in [-0.1, -0.05) is 41.9 Å². The summed E-state index contributed by atoms with van der Waals surface area (Å²) in [6, 6.07) is 16.2. The zero-order valence-corrected chi connectivity index (χ0v) is 17.4. The van der Waals surface area contributed by atoms with E-state index in [-0.39, 0.29) is 11.9 Å². The summed E-state index contributed by atoms with van der Waals surface area (Å²) in [5, 5.41) is 2.67. The number of benzene rings is 2. The van der Waals surface area contributed by atoms with Crippen LogP contribution < -0.4 is 5.32 Å². The Morgan fingerprint density at radius 2 is 1.64 bits per heavy atom. The van der Waals surface area contributed by atoms with Gasteiger partial charge in [0.15, 0.2) is 6.54 Å². The Balaban J connectivity index is 1.50. The number of piperazine rings is 1. The topological polar surface area (TPSA) is 74.3 Å². The van der Waals surface area contributed by atoms with E-state index in [4.69, 9.17) is 11.6 Å². The van der Waals surface area contributed by atoms with Crippen LogP contribution in [0.4, 0.5) is 0 Å². The molecule has 0 spiro atoms. The Morgan fingerprint density at radius 3 is 2.25 bits per heavy atom. The first kappa shape index (κ1) is 20.8. The predicted octanol–water partition coefficient (Wildman–Crippen LogP) is 1.50. The first-order chi connectivity index (χ1) is 13.4. The number of nitrogens with two attached hydrogens (primary N) is 1. The molecule has 1 fully saturated rings. The Kier molecular flexibility index (Phi) is 6.72. The largest absolute Gasteiger partial charge is 0.335 e. The molecule has 0 aliphatic carbocycles. The molecule has 3 rings (SSSR count). The van der Waals surface area contributed by atoms with Crippen LogP contribution in [0.3, 0.4) is 0 Å². The van der Waals surface area contributed by atoms with Gasteiger partial charge in [0.25, 0.3) is 5.91 Å². The maximum absolute atomic E-state index is 12.7. The van der Waals surface area contributed by atoms with E-state index < -0.39 is 10.0 Å². The van der Waals surface area contributed by atoms with Gasteiger partial charge in [0.05, 0.1) is 4.90 Å². The van der Waals surface area contributed by atoms with E-state index in [2.05, 4.69) is 0 Å². The molecular formula is C20H25ClN3O3S+. The van der Waals surface area contributed by atoms with Crippen LogP contribution in [0.5, 0.6) is 0 Å². The van der Waals surface area contributed by atoms with E-state index in [0.29, 0.717) is 42.6 Å². The van der Waals surface area contributed by atoms with Gasteiger partial charge < -0.3 is 10.2 Å². The van der Waals surface area contributed by atoms with Crippen LogP contribution in [-0.4, -0.2) is 56.3 Å². The first-order valence-electron chi connectivity index (χ1n) is 9.29. The third kappa shape index (κ3) is 4.91. The Morgan fingerprint density at radius 1 is 1.04 bits per heavy atom. The van der Waals surface area contributed by atoms with E-state index in [0.717, 1.165) is 5.56 Å². The van der Waals surface area contributed by atoms with Gasteiger partial charge in [-0.2, -0.15) is 4.31 Å². The van der Waals surface area contributed by atoms with E-state index in [1.54, 1.807) is 35.2 Å². The summed E-state index contributed by atoms with van der Waals surface area (Å²) in [4.78, 5) is 14.5. The minimum Gasteiger partial charge on any atom is -0.335 e. The highest BCUT2D eigenvalue weighted by molar-refractivity contribution is 7.89. The SMILES string of the molecule is C[C@@H]([NH2+]CC(=O)N1CCN(S(=O)(=O)c2ccccc2)CC1)c1ccc(Cl)cc1. The molecule has 8 heteroatoms. The average molecular weight is 423 g/mol. The maximum Gasteiger partial charge on any atom is 0.277 e. The van der Waals surface area contributed by atoms with Crippen molar-refractivity contribution in [3.8, 4) is 0 Å². The molecule has 0 saturated carbocycles. The monoisotopic (exact) mass is 422 g/mol. The molecule has 1 atom stereocenters. The van der Waals surface area contributed by atoms with Gasteiger partial charge in [0.2, 0.25) is 10.0 Å². The van der Waals surface area contributed by atoms with Crippen LogP contribution in [0.15, 0.2) is 59.5 Å². The number of sulfonamides is 1. The van der Waals surface area contributed by atoms with Crippen molar-refractivity contribution < 1.29 is 18.5 Å². The summed E-state index contributed by atoms with van der Waals surface area (Å²) in [6.45, 7) is 3.82. The highest BCUT2D eigenvalue weighted by Gasteiger charge is 2.30. The lowest BCUT2D eigenvalue weighted by molar-refractivity contribution is -0.683. The van der Waals surface area contributed by atoms with Gasteiger partial charge in [-0.05, 0) is 31.2 Å². The number of amides is 1. The van der Waals surface area contributed by atoms with Crippen LogP contribution in [-0.2, 0) is 14.8 Å². The van der Waals surface area contributed by atoms with E-state index in [1.165, 1.54) is 4.31 Å². The zero-order chi connectivity index (χ0) is 20.1. The molecule has 0 unspecified atom stereocenters. The van der Waals surface area contributed by atoms with Gasteiger partial charge in [0, 0.05) is 36.8 Å². The van der Waals surface area contributed by atoms with Crippen LogP contribution in [0.1, 0.15) is 18.5 Å². The molecule has 150 valence electrons. The number of hydrogen-bond donors (Lipinski definition) is 1. The highest BCUT2D eigenvalue weighted by atomic mass is 35.5. The van der Waals surface area contributed by atoms with Gasteiger partial charge >= 0.3 is 0 Å². The highest BCUT2D eigenvalue weighted by Crippen LogP contribution is 2.17. The number of carbonyl (C=O) groups is 1. The third-order valence-corrected chi connectivity index (χ3v) is 7.18. The van der Waals surface area contributed by atoms with Crippen molar-refractivity contribution in [2.24, 2.45) is 0 Å². The minimum atomic E-state index is -3.50. The van der Waals surface area contributed by atoms with Crippen molar-refractivity contribution in [3.63, 3.8) is 0 Å². The second-order valence-corrected chi connectivity index (χ2v) is 9.25. The Bertz CT molecular complexity index is 896.